The Morgan fingerprint density at radius 1 is 1.02 bits per heavy atom. The first kappa shape index (κ1) is 34.2. The van der Waals surface area contributed by atoms with Gasteiger partial charge in [-0.2, -0.15) is 13.2 Å². The smallest absolute Gasteiger partial charge is 0.389 e. The number of rotatable bonds is 12. The number of halogens is 4. The lowest BCUT2D eigenvalue weighted by Crippen LogP contribution is -2.47. The maximum Gasteiger partial charge on any atom is 0.416 e. The van der Waals surface area contributed by atoms with E-state index in [1.54, 1.807) is 12.1 Å². The number of nitrogens with one attached hydrogen (secondary N) is 2. The molecule has 244 valence electrons. The van der Waals surface area contributed by atoms with Crippen LogP contribution in [0, 0.1) is 5.82 Å². The van der Waals surface area contributed by atoms with Gasteiger partial charge in [-0.1, -0.05) is 36.8 Å². The second-order valence-electron chi connectivity index (χ2n) is 11.2. The maximum absolute atomic E-state index is 16.2. The van der Waals surface area contributed by atoms with Crippen molar-refractivity contribution in [1.29, 1.82) is 0 Å². The van der Waals surface area contributed by atoms with E-state index in [2.05, 4.69) is 10.6 Å². The van der Waals surface area contributed by atoms with Crippen LogP contribution in [-0.2, 0) is 22.4 Å². The summed E-state index contributed by atoms with van der Waals surface area (Å²) in [6, 6.07) is 15.4. The third kappa shape index (κ3) is 8.55. The highest BCUT2D eigenvalue weighted by molar-refractivity contribution is 7.91. The summed E-state index contributed by atoms with van der Waals surface area (Å²) < 4.78 is 81.0. The maximum atomic E-state index is 16.2. The molecule has 1 aliphatic heterocycles. The number of carbonyl (C=O) groups is 1. The molecule has 1 unspecified atom stereocenters. The largest absolute Gasteiger partial charge is 0.416 e. The van der Waals surface area contributed by atoms with Crippen molar-refractivity contribution in [3.8, 4) is 0 Å². The van der Waals surface area contributed by atoms with Crippen molar-refractivity contribution in [3.63, 3.8) is 0 Å². The normalized spacial score (nSPS) is 17.7. The van der Waals surface area contributed by atoms with E-state index in [0.717, 1.165) is 17.7 Å². The summed E-state index contributed by atoms with van der Waals surface area (Å²) in [5.41, 5.74) is 0.471. The number of benzene rings is 3. The van der Waals surface area contributed by atoms with Gasteiger partial charge in [0.25, 0.3) is 5.91 Å². The van der Waals surface area contributed by atoms with Crippen LogP contribution in [0.1, 0.15) is 65.4 Å². The van der Waals surface area contributed by atoms with E-state index < -0.39 is 50.7 Å². The molecule has 3 atom stereocenters. The van der Waals surface area contributed by atoms with Crippen LogP contribution in [0.2, 0.25) is 0 Å². The SMILES string of the molecule is CCN(CC)c1cc(C(=O)N[C@@H](Cc2ccccc2)[C@H](O)CNc2ccc(C(F)(F)F)cc2)c(F)c(C2CCCCS2(=O)=O)c1. The van der Waals surface area contributed by atoms with Crippen LogP contribution >= 0.6 is 0 Å². The molecule has 0 aliphatic carbocycles. The van der Waals surface area contributed by atoms with Gasteiger partial charge in [0.2, 0.25) is 0 Å². The molecule has 0 bridgehead atoms. The first-order valence-corrected chi connectivity index (χ1v) is 16.8. The minimum atomic E-state index is -4.48. The summed E-state index contributed by atoms with van der Waals surface area (Å²) >= 11 is 0. The Labute approximate surface area is 261 Å². The molecule has 0 saturated carbocycles. The van der Waals surface area contributed by atoms with Gasteiger partial charge in [-0.3, -0.25) is 4.79 Å². The molecule has 4 rings (SSSR count). The fourth-order valence-corrected chi connectivity index (χ4v) is 7.62. The Balaban J connectivity index is 1.63. The Hall–Kier alpha value is -3.64. The number of nitrogens with zero attached hydrogens (tertiary/aromatic N) is 1. The van der Waals surface area contributed by atoms with E-state index in [9.17, 15) is 31.5 Å². The van der Waals surface area contributed by atoms with Crippen molar-refractivity contribution in [2.75, 3.05) is 35.6 Å². The minimum absolute atomic E-state index is 0.0339. The summed E-state index contributed by atoms with van der Waals surface area (Å²) in [5.74, 6) is -1.77. The molecule has 3 aromatic rings. The lowest BCUT2D eigenvalue weighted by molar-refractivity contribution is -0.137. The van der Waals surface area contributed by atoms with Crippen molar-refractivity contribution in [2.45, 2.75) is 63.1 Å². The van der Waals surface area contributed by atoms with E-state index in [4.69, 9.17) is 0 Å². The van der Waals surface area contributed by atoms with E-state index in [0.29, 0.717) is 37.3 Å². The van der Waals surface area contributed by atoms with Crippen molar-refractivity contribution in [3.05, 3.63) is 94.8 Å². The highest BCUT2D eigenvalue weighted by atomic mass is 32.2. The van der Waals surface area contributed by atoms with E-state index >= 15 is 4.39 Å². The van der Waals surface area contributed by atoms with Crippen LogP contribution in [-0.4, -0.2) is 57.0 Å². The number of aliphatic hydroxyl groups excluding tert-OH is 1. The summed E-state index contributed by atoms with van der Waals surface area (Å²) in [7, 11) is -3.62. The van der Waals surface area contributed by atoms with Crippen molar-refractivity contribution in [1.82, 2.24) is 5.32 Å². The third-order valence-electron chi connectivity index (χ3n) is 8.19. The molecule has 1 heterocycles. The van der Waals surface area contributed by atoms with Gasteiger partial charge in [0.05, 0.1) is 34.3 Å². The second-order valence-corrected chi connectivity index (χ2v) is 13.5. The number of hydrogen-bond acceptors (Lipinski definition) is 6. The van der Waals surface area contributed by atoms with Crippen molar-refractivity contribution >= 4 is 27.1 Å². The Morgan fingerprint density at radius 3 is 2.29 bits per heavy atom. The van der Waals surface area contributed by atoms with Crippen LogP contribution in [0.3, 0.4) is 0 Å². The highest BCUT2D eigenvalue weighted by Gasteiger charge is 2.35. The number of hydrogen-bond donors (Lipinski definition) is 3. The average molecular weight is 650 g/mol. The molecule has 0 aromatic heterocycles. The van der Waals surface area contributed by atoms with Crippen LogP contribution in [0.5, 0.6) is 0 Å². The number of sulfone groups is 1. The molecule has 0 radical (unpaired) electrons. The third-order valence-corrected chi connectivity index (χ3v) is 10.4. The summed E-state index contributed by atoms with van der Waals surface area (Å²) in [4.78, 5) is 15.7. The van der Waals surface area contributed by atoms with E-state index in [1.807, 2.05) is 36.9 Å². The molecular weight excluding hydrogens is 610 g/mol. The minimum Gasteiger partial charge on any atom is -0.389 e. The van der Waals surface area contributed by atoms with Gasteiger partial charge in [-0.15, -0.1) is 0 Å². The molecule has 45 heavy (non-hydrogen) atoms. The lowest BCUT2D eigenvalue weighted by Gasteiger charge is -2.28. The fraction of sp³-hybridized carbons (Fsp3) is 0.424. The van der Waals surface area contributed by atoms with Gasteiger partial charge in [-0.25, -0.2) is 12.8 Å². The first-order valence-electron chi connectivity index (χ1n) is 15.1. The summed E-state index contributed by atoms with van der Waals surface area (Å²) in [6.45, 7) is 4.77. The van der Waals surface area contributed by atoms with Crippen molar-refractivity contribution in [2.24, 2.45) is 0 Å². The number of aliphatic hydroxyl groups is 1. The molecule has 7 nitrogen and oxygen atoms in total. The van der Waals surface area contributed by atoms with Gasteiger partial charge in [0.1, 0.15) is 5.82 Å². The predicted molar refractivity (Wildman–Crippen MR) is 168 cm³/mol. The van der Waals surface area contributed by atoms with Crippen molar-refractivity contribution < 1.29 is 35.9 Å². The molecule has 3 aromatic carbocycles. The van der Waals surface area contributed by atoms with Crippen LogP contribution in [0.4, 0.5) is 28.9 Å². The first-order chi connectivity index (χ1) is 21.3. The lowest BCUT2D eigenvalue weighted by atomic mass is 9.98. The quantitative estimate of drug-likeness (QED) is 0.204. The fourth-order valence-electron chi connectivity index (χ4n) is 5.64. The molecule has 1 fully saturated rings. The number of carbonyl (C=O) groups excluding carboxylic acids is 1. The monoisotopic (exact) mass is 649 g/mol. The molecule has 12 heteroatoms. The van der Waals surface area contributed by atoms with Gasteiger partial charge >= 0.3 is 6.18 Å². The number of anilines is 2. The van der Waals surface area contributed by atoms with E-state index in [-0.39, 0.29) is 36.3 Å². The van der Waals surface area contributed by atoms with Crippen LogP contribution in [0.25, 0.3) is 0 Å². The molecule has 1 aliphatic rings. The molecule has 0 spiro atoms. The Morgan fingerprint density at radius 2 is 1.69 bits per heavy atom. The second kappa shape index (κ2) is 14.6. The van der Waals surface area contributed by atoms with Gasteiger partial charge in [0, 0.05) is 36.6 Å². The molecule has 1 saturated heterocycles. The predicted octanol–water partition coefficient (Wildman–Crippen LogP) is 6.14. The van der Waals surface area contributed by atoms with Crippen LogP contribution in [0.15, 0.2) is 66.7 Å². The highest BCUT2D eigenvalue weighted by Crippen LogP contribution is 2.38. The van der Waals surface area contributed by atoms with Gasteiger partial charge in [-0.05, 0) is 75.1 Å². The zero-order chi connectivity index (χ0) is 32.8. The number of alkyl halides is 3. The van der Waals surface area contributed by atoms with E-state index in [1.165, 1.54) is 24.3 Å². The zero-order valence-electron chi connectivity index (χ0n) is 25.3. The van der Waals surface area contributed by atoms with Gasteiger partial charge in [0.15, 0.2) is 9.84 Å². The standard InChI is InChI=1S/C33H39F4N3O4S/c1-3-40(4-2)25-19-26(30-12-8-9-17-45(30,43)44)31(34)27(20-25)32(42)39-28(18-22-10-6-5-7-11-22)29(41)21-38-24-15-13-23(14-16-24)33(35,36)37/h5-7,10-11,13-16,19-20,28-30,38,41H,3-4,8-9,12,17-18,21H2,1-2H3,(H,39,42)/t28-,29+,30?/m0/s1. The Bertz CT molecular complexity index is 1550. The summed E-state index contributed by atoms with van der Waals surface area (Å²) in [5, 5.41) is 15.8. The molecule has 3 N–H and O–H groups in total. The number of amides is 1. The zero-order valence-corrected chi connectivity index (χ0v) is 26.1. The topological polar surface area (TPSA) is 98.7 Å². The summed E-state index contributed by atoms with van der Waals surface area (Å²) in [6.07, 6.45) is -4.16. The average Bonchev–Trinajstić information content (AvgIpc) is 3.01. The Kier molecular flexibility index (Phi) is 11.1. The van der Waals surface area contributed by atoms with Crippen LogP contribution < -0.4 is 15.5 Å². The molecular formula is C33H39F4N3O4S. The molecule has 1 amide bonds. The van der Waals surface area contributed by atoms with Gasteiger partial charge < -0.3 is 20.6 Å².